The van der Waals surface area contributed by atoms with E-state index in [1.807, 2.05) is 19.1 Å². The normalized spacial score (nSPS) is 12.9. The Morgan fingerprint density at radius 1 is 1.26 bits per heavy atom. The van der Waals surface area contributed by atoms with Gasteiger partial charge in [-0.15, -0.1) is 0 Å². The first-order valence-corrected chi connectivity index (χ1v) is 6.84. The predicted octanol–water partition coefficient (Wildman–Crippen LogP) is 4.32. The van der Waals surface area contributed by atoms with Gasteiger partial charge in [0, 0.05) is 12.6 Å². The highest BCUT2D eigenvalue weighted by Crippen LogP contribution is 2.26. The largest absolute Gasteiger partial charge is 0.374 e. The van der Waals surface area contributed by atoms with Crippen LogP contribution in [0.4, 0.5) is 8.78 Å². The van der Waals surface area contributed by atoms with Crippen LogP contribution in [-0.2, 0) is 4.74 Å². The van der Waals surface area contributed by atoms with E-state index in [2.05, 4.69) is 5.32 Å². The Morgan fingerprint density at radius 3 is 2.58 bits per heavy atom. The summed E-state index contributed by atoms with van der Waals surface area (Å²) >= 11 is 11.8. The van der Waals surface area contributed by atoms with Gasteiger partial charge < -0.3 is 10.1 Å². The van der Waals surface area contributed by atoms with Gasteiger partial charge in [0.25, 0.3) is 6.43 Å². The van der Waals surface area contributed by atoms with Gasteiger partial charge in [-0.2, -0.15) is 0 Å². The second-order valence-corrected chi connectivity index (χ2v) is 4.87. The molecule has 1 aromatic carbocycles. The van der Waals surface area contributed by atoms with E-state index in [1.54, 1.807) is 6.07 Å². The van der Waals surface area contributed by atoms with Crippen LogP contribution in [0.3, 0.4) is 0 Å². The summed E-state index contributed by atoms with van der Waals surface area (Å²) in [5.41, 5.74) is 1.02. The van der Waals surface area contributed by atoms with E-state index >= 15 is 0 Å². The second-order valence-electron chi connectivity index (χ2n) is 4.05. The molecular formula is C13H17Cl2F2NO. The lowest BCUT2D eigenvalue weighted by atomic mass is 10.0. The molecule has 1 unspecified atom stereocenters. The summed E-state index contributed by atoms with van der Waals surface area (Å²) in [6.07, 6.45) is -1.57. The quantitative estimate of drug-likeness (QED) is 0.722. The third kappa shape index (κ3) is 6.04. The third-order valence-electron chi connectivity index (χ3n) is 2.64. The van der Waals surface area contributed by atoms with E-state index in [4.69, 9.17) is 27.9 Å². The number of ether oxygens (including phenoxy) is 1. The zero-order valence-corrected chi connectivity index (χ0v) is 12.1. The minimum absolute atomic E-state index is 0.102. The molecular weight excluding hydrogens is 295 g/mol. The molecule has 2 nitrogen and oxygen atoms in total. The first-order valence-electron chi connectivity index (χ1n) is 6.08. The molecule has 0 fully saturated rings. The molecule has 1 aromatic rings. The van der Waals surface area contributed by atoms with Gasteiger partial charge in [0.1, 0.15) is 6.61 Å². The zero-order valence-electron chi connectivity index (χ0n) is 10.6. The summed E-state index contributed by atoms with van der Waals surface area (Å²) in [5, 5.41) is 4.26. The van der Waals surface area contributed by atoms with Crippen LogP contribution in [0, 0.1) is 0 Å². The average Bonchev–Trinajstić information content (AvgIpc) is 2.37. The predicted molar refractivity (Wildman–Crippen MR) is 74.3 cm³/mol. The number of halogens is 4. The number of rotatable bonds is 8. The van der Waals surface area contributed by atoms with Crippen molar-refractivity contribution in [2.75, 3.05) is 19.8 Å². The van der Waals surface area contributed by atoms with Crippen LogP contribution in [-0.4, -0.2) is 26.2 Å². The van der Waals surface area contributed by atoms with Crippen molar-refractivity contribution in [3.05, 3.63) is 33.8 Å². The monoisotopic (exact) mass is 311 g/mol. The van der Waals surface area contributed by atoms with Gasteiger partial charge >= 0.3 is 0 Å². The lowest BCUT2D eigenvalue weighted by Crippen LogP contribution is -2.25. The van der Waals surface area contributed by atoms with E-state index in [9.17, 15) is 8.78 Å². The maximum Gasteiger partial charge on any atom is 0.261 e. The van der Waals surface area contributed by atoms with Crippen LogP contribution < -0.4 is 5.32 Å². The highest BCUT2D eigenvalue weighted by atomic mass is 35.5. The summed E-state index contributed by atoms with van der Waals surface area (Å²) in [5.74, 6) is 0. The molecule has 0 radical (unpaired) electrons. The van der Waals surface area contributed by atoms with Gasteiger partial charge in [-0.1, -0.05) is 36.2 Å². The van der Waals surface area contributed by atoms with E-state index in [0.29, 0.717) is 16.6 Å². The first-order chi connectivity index (χ1) is 9.04. The van der Waals surface area contributed by atoms with Gasteiger partial charge in [0.2, 0.25) is 0 Å². The van der Waals surface area contributed by atoms with Crippen molar-refractivity contribution in [1.82, 2.24) is 5.32 Å². The lowest BCUT2D eigenvalue weighted by molar-refractivity contribution is 0.0181. The highest BCUT2D eigenvalue weighted by Gasteiger charge is 2.10. The zero-order chi connectivity index (χ0) is 14.3. The summed E-state index contributed by atoms with van der Waals surface area (Å²) in [4.78, 5) is 0. The fraction of sp³-hybridized carbons (Fsp3) is 0.538. The smallest absolute Gasteiger partial charge is 0.261 e. The van der Waals surface area contributed by atoms with E-state index in [-0.39, 0.29) is 12.6 Å². The van der Waals surface area contributed by atoms with Crippen molar-refractivity contribution >= 4 is 23.2 Å². The van der Waals surface area contributed by atoms with Gasteiger partial charge in [0.15, 0.2) is 0 Å². The Morgan fingerprint density at radius 2 is 2.00 bits per heavy atom. The van der Waals surface area contributed by atoms with Crippen LogP contribution >= 0.6 is 23.2 Å². The molecule has 1 atom stereocenters. The summed E-state index contributed by atoms with van der Waals surface area (Å²) in [7, 11) is 0. The van der Waals surface area contributed by atoms with E-state index in [1.165, 1.54) is 0 Å². The van der Waals surface area contributed by atoms with Crippen LogP contribution in [0.15, 0.2) is 18.2 Å². The minimum atomic E-state index is -2.42. The maximum absolute atomic E-state index is 11.9. The van der Waals surface area contributed by atoms with Crippen LogP contribution in [0.1, 0.15) is 24.9 Å². The standard InChI is InChI=1S/C13H17Cl2F2NO/c1-2-12(18-5-6-19-8-13(16)17)9-3-4-10(14)11(15)7-9/h3-4,7,12-13,18H,2,5-6,8H2,1H3. The Bertz CT molecular complexity index is 391. The number of hydrogen-bond acceptors (Lipinski definition) is 2. The molecule has 0 bridgehead atoms. The van der Waals surface area contributed by atoms with Gasteiger partial charge in [-0.05, 0) is 24.1 Å². The molecule has 0 aliphatic heterocycles. The molecule has 1 N–H and O–H groups in total. The molecule has 0 aliphatic rings. The number of benzene rings is 1. The van der Waals surface area contributed by atoms with Crippen LogP contribution in [0.25, 0.3) is 0 Å². The fourth-order valence-electron chi connectivity index (χ4n) is 1.70. The van der Waals surface area contributed by atoms with Crippen molar-refractivity contribution in [1.29, 1.82) is 0 Å². The summed E-state index contributed by atoms with van der Waals surface area (Å²) in [6, 6.07) is 5.56. The molecule has 0 saturated heterocycles. The molecule has 0 aliphatic carbocycles. The van der Waals surface area contributed by atoms with Gasteiger partial charge in [0.05, 0.1) is 16.7 Å². The minimum Gasteiger partial charge on any atom is -0.374 e. The highest BCUT2D eigenvalue weighted by molar-refractivity contribution is 6.42. The van der Waals surface area contributed by atoms with Crippen LogP contribution in [0.5, 0.6) is 0 Å². The average molecular weight is 312 g/mol. The van der Waals surface area contributed by atoms with Crippen molar-refractivity contribution in [2.24, 2.45) is 0 Å². The molecule has 108 valence electrons. The van der Waals surface area contributed by atoms with Gasteiger partial charge in [-0.3, -0.25) is 0 Å². The number of alkyl halides is 2. The molecule has 0 heterocycles. The third-order valence-corrected chi connectivity index (χ3v) is 3.37. The van der Waals surface area contributed by atoms with E-state index in [0.717, 1.165) is 12.0 Å². The molecule has 0 aromatic heterocycles. The Kier molecular flexibility index (Phi) is 7.61. The topological polar surface area (TPSA) is 21.3 Å². The maximum atomic E-state index is 11.9. The molecule has 0 saturated carbocycles. The van der Waals surface area contributed by atoms with Crippen molar-refractivity contribution in [3.63, 3.8) is 0 Å². The summed E-state index contributed by atoms with van der Waals surface area (Å²) in [6.45, 7) is 2.26. The Balaban J connectivity index is 2.42. The molecule has 6 heteroatoms. The molecule has 0 spiro atoms. The first kappa shape index (κ1) is 16.6. The SMILES string of the molecule is CCC(NCCOCC(F)F)c1ccc(Cl)c(Cl)c1. The molecule has 1 rings (SSSR count). The lowest BCUT2D eigenvalue weighted by Gasteiger charge is -2.18. The fourth-order valence-corrected chi connectivity index (χ4v) is 2.01. The van der Waals surface area contributed by atoms with Gasteiger partial charge in [-0.25, -0.2) is 8.78 Å². The van der Waals surface area contributed by atoms with Crippen molar-refractivity contribution in [2.45, 2.75) is 25.8 Å². The van der Waals surface area contributed by atoms with Crippen LogP contribution in [0.2, 0.25) is 10.0 Å². The van der Waals surface area contributed by atoms with E-state index < -0.39 is 13.0 Å². The number of nitrogens with one attached hydrogen (secondary N) is 1. The van der Waals surface area contributed by atoms with Crippen molar-refractivity contribution in [3.8, 4) is 0 Å². The summed E-state index contributed by atoms with van der Waals surface area (Å²) < 4.78 is 28.5. The Hall–Kier alpha value is -0.420. The van der Waals surface area contributed by atoms with Crippen molar-refractivity contribution < 1.29 is 13.5 Å². The number of hydrogen-bond donors (Lipinski definition) is 1. The Labute approximate surface area is 122 Å². The molecule has 19 heavy (non-hydrogen) atoms. The second kappa shape index (κ2) is 8.69. The molecule has 0 amide bonds.